The van der Waals surface area contributed by atoms with Crippen molar-refractivity contribution < 1.29 is 18.8 Å². The van der Waals surface area contributed by atoms with Crippen LogP contribution in [0.1, 0.15) is 57.6 Å². The van der Waals surface area contributed by atoms with Crippen LogP contribution >= 0.6 is 7.60 Å². The monoisotopic (exact) mass is 448 g/mol. The van der Waals surface area contributed by atoms with Gasteiger partial charge in [-0.1, -0.05) is 75.2 Å². The van der Waals surface area contributed by atoms with Crippen molar-refractivity contribution in [2.45, 2.75) is 65.3 Å². The minimum absolute atomic E-state index is 0.152. The standard InChI is InChI=1S/C24H37O4PSi/c1-4-7-13-21-14-12-18-24(23(21)17-8-5-2)30(28-6-3,20-19-29(25,26)27)22-15-10-9-11-16-22/h9-12,14-16,18H,4-8,13,17,19-20H2,1-3H3,(H2,25,26,27). The number of benzene rings is 2. The third kappa shape index (κ3) is 6.63. The zero-order chi connectivity index (χ0) is 22.0. The Bertz CT molecular complexity index is 821. The fourth-order valence-electron chi connectivity index (χ4n) is 4.19. The molecule has 2 N–H and O–H groups in total. The van der Waals surface area contributed by atoms with Crippen molar-refractivity contribution in [2.75, 3.05) is 12.8 Å². The number of rotatable bonds is 13. The highest BCUT2D eigenvalue weighted by Gasteiger charge is 2.42. The molecule has 0 spiro atoms. The highest BCUT2D eigenvalue weighted by Crippen LogP contribution is 2.37. The Hall–Kier alpha value is -1.23. The van der Waals surface area contributed by atoms with Crippen molar-refractivity contribution in [1.82, 2.24) is 0 Å². The maximum absolute atomic E-state index is 11.9. The summed E-state index contributed by atoms with van der Waals surface area (Å²) in [6.07, 6.45) is 6.35. The van der Waals surface area contributed by atoms with E-state index in [1.165, 1.54) is 16.3 Å². The summed E-state index contributed by atoms with van der Waals surface area (Å²) in [6.45, 7) is 6.91. The van der Waals surface area contributed by atoms with E-state index in [4.69, 9.17) is 4.43 Å². The van der Waals surface area contributed by atoms with Gasteiger partial charge in [0.25, 0.3) is 8.32 Å². The van der Waals surface area contributed by atoms with Crippen molar-refractivity contribution in [2.24, 2.45) is 0 Å². The number of hydrogen-bond donors (Lipinski definition) is 2. The predicted molar refractivity (Wildman–Crippen MR) is 128 cm³/mol. The molecular formula is C24H37O4PSi. The molecule has 6 heteroatoms. The van der Waals surface area contributed by atoms with Crippen LogP contribution in [-0.2, 0) is 21.8 Å². The molecule has 0 saturated carbocycles. The molecule has 0 saturated heterocycles. The number of unbranched alkanes of at least 4 members (excludes halogenated alkanes) is 2. The van der Waals surface area contributed by atoms with Gasteiger partial charge >= 0.3 is 7.60 Å². The first-order valence-electron chi connectivity index (χ1n) is 11.2. The van der Waals surface area contributed by atoms with Crippen LogP contribution in [0.25, 0.3) is 0 Å². The van der Waals surface area contributed by atoms with Crippen LogP contribution in [0.4, 0.5) is 0 Å². The van der Waals surface area contributed by atoms with Gasteiger partial charge < -0.3 is 14.2 Å². The molecule has 0 aliphatic heterocycles. The van der Waals surface area contributed by atoms with Crippen LogP contribution < -0.4 is 10.4 Å². The zero-order valence-corrected chi connectivity index (χ0v) is 20.5. The summed E-state index contributed by atoms with van der Waals surface area (Å²) < 4.78 is 18.4. The van der Waals surface area contributed by atoms with E-state index in [2.05, 4.69) is 44.2 Å². The molecular weight excluding hydrogens is 411 g/mol. The molecule has 0 radical (unpaired) electrons. The van der Waals surface area contributed by atoms with Crippen molar-refractivity contribution in [3.63, 3.8) is 0 Å². The highest BCUT2D eigenvalue weighted by atomic mass is 31.2. The normalized spacial score (nSPS) is 13.9. The van der Waals surface area contributed by atoms with E-state index in [0.29, 0.717) is 12.7 Å². The molecule has 0 aromatic heterocycles. The Kier molecular flexibility index (Phi) is 9.99. The van der Waals surface area contributed by atoms with E-state index in [1.54, 1.807) is 0 Å². The van der Waals surface area contributed by atoms with Crippen molar-refractivity contribution in [1.29, 1.82) is 0 Å². The van der Waals surface area contributed by atoms with E-state index >= 15 is 0 Å². The Balaban J connectivity index is 2.70. The van der Waals surface area contributed by atoms with Crippen molar-refractivity contribution in [3.05, 3.63) is 59.7 Å². The lowest BCUT2D eigenvalue weighted by molar-refractivity contribution is 0.336. The average Bonchev–Trinajstić information content (AvgIpc) is 2.74. The average molecular weight is 449 g/mol. The summed E-state index contributed by atoms with van der Waals surface area (Å²) in [5, 5.41) is 2.29. The Morgan fingerprint density at radius 2 is 1.57 bits per heavy atom. The zero-order valence-electron chi connectivity index (χ0n) is 18.6. The number of aryl methyl sites for hydroxylation is 1. The van der Waals surface area contributed by atoms with Crippen LogP contribution in [0.2, 0.25) is 6.04 Å². The van der Waals surface area contributed by atoms with Gasteiger partial charge in [0, 0.05) is 6.61 Å². The Morgan fingerprint density at radius 3 is 2.17 bits per heavy atom. The maximum atomic E-state index is 11.9. The first-order chi connectivity index (χ1) is 14.4. The smallest absolute Gasteiger partial charge is 0.325 e. The molecule has 30 heavy (non-hydrogen) atoms. The largest absolute Gasteiger partial charge is 0.408 e. The minimum atomic E-state index is -4.14. The summed E-state index contributed by atoms with van der Waals surface area (Å²) in [4.78, 5) is 19.4. The second-order valence-electron chi connectivity index (χ2n) is 7.91. The highest BCUT2D eigenvalue weighted by molar-refractivity contribution is 7.52. The van der Waals surface area contributed by atoms with Gasteiger partial charge in [-0.15, -0.1) is 0 Å². The van der Waals surface area contributed by atoms with Crippen LogP contribution in [-0.4, -0.2) is 30.9 Å². The molecule has 0 fully saturated rings. The molecule has 1 atom stereocenters. The van der Waals surface area contributed by atoms with Crippen LogP contribution in [0.3, 0.4) is 0 Å². The predicted octanol–water partition coefficient (Wildman–Crippen LogP) is 4.65. The van der Waals surface area contributed by atoms with Gasteiger partial charge in [-0.05, 0) is 60.2 Å². The lowest BCUT2D eigenvalue weighted by atomic mass is 9.98. The molecule has 2 aromatic rings. The molecule has 2 aromatic carbocycles. The van der Waals surface area contributed by atoms with Gasteiger partial charge in [-0.3, -0.25) is 4.57 Å². The molecule has 1 unspecified atom stereocenters. The first-order valence-corrected chi connectivity index (χ1v) is 15.1. The van der Waals surface area contributed by atoms with E-state index in [9.17, 15) is 14.4 Å². The van der Waals surface area contributed by atoms with Gasteiger partial charge in [0.2, 0.25) is 0 Å². The number of hydrogen-bond acceptors (Lipinski definition) is 2. The van der Waals surface area contributed by atoms with Gasteiger partial charge in [0.1, 0.15) is 0 Å². The molecule has 0 amide bonds. The minimum Gasteiger partial charge on any atom is -0.408 e. The van der Waals surface area contributed by atoms with E-state index in [0.717, 1.165) is 43.7 Å². The fourth-order valence-corrected chi connectivity index (χ4v) is 10.3. The lowest BCUT2D eigenvalue weighted by Crippen LogP contribution is -2.62. The molecule has 0 heterocycles. The molecule has 0 aliphatic rings. The Labute approximate surface area is 183 Å². The summed E-state index contributed by atoms with van der Waals surface area (Å²) >= 11 is 0. The van der Waals surface area contributed by atoms with E-state index in [-0.39, 0.29) is 6.16 Å². The summed E-state index contributed by atoms with van der Waals surface area (Å²) in [6, 6.07) is 17.0. The first kappa shape index (κ1) is 25.0. The second-order valence-corrected chi connectivity index (χ2v) is 13.3. The molecule has 2 rings (SSSR count). The summed E-state index contributed by atoms with van der Waals surface area (Å²) in [7, 11) is -6.95. The third-order valence-corrected chi connectivity index (χ3v) is 11.2. The SMILES string of the molecule is CCCCc1cccc([Si](CCP(=O)(O)O)(OCC)c2ccccc2)c1CCCC. The van der Waals surface area contributed by atoms with Crippen molar-refractivity contribution in [3.8, 4) is 0 Å². The van der Waals surface area contributed by atoms with E-state index in [1.807, 2.05) is 25.1 Å². The molecule has 4 nitrogen and oxygen atoms in total. The molecule has 166 valence electrons. The topological polar surface area (TPSA) is 66.8 Å². The van der Waals surface area contributed by atoms with Crippen LogP contribution in [0, 0.1) is 0 Å². The quantitative estimate of drug-likeness (QED) is 0.346. The van der Waals surface area contributed by atoms with Gasteiger partial charge in [-0.2, -0.15) is 0 Å². The third-order valence-electron chi connectivity index (χ3n) is 5.67. The van der Waals surface area contributed by atoms with Crippen LogP contribution in [0.5, 0.6) is 0 Å². The van der Waals surface area contributed by atoms with Gasteiger partial charge in [0.15, 0.2) is 0 Å². The summed E-state index contributed by atoms with van der Waals surface area (Å²) in [5.74, 6) is 0. The fraction of sp³-hybridized carbons (Fsp3) is 0.500. The Morgan fingerprint density at radius 1 is 0.900 bits per heavy atom. The maximum Gasteiger partial charge on any atom is 0.325 e. The van der Waals surface area contributed by atoms with Gasteiger partial charge in [-0.25, -0.2) is 0 Å². The summed E-state index contributed by atoms with van der Waals surface area (Å²) in [5.41, 5.74) is 2.72. The second kappa shape index (κ2) is 12.0. The van der Waals surface area contributed by atoms with Crippen LogP contribution in [0.15, 0.2) is 48.5 Å². The van der Waals surface area contributed by atoms with E-state index < -0.39 is 15.9 Å². The van der Waals surface area contributed by atoms with Crippen molar-refractivity contribution >= 4 is 26.3 Å². The molecule has 0 aliphatic carbocycles. The van der Waals surface area contributed by atoms with Gasteiger partial charge in [0.05, 0.1) is 6.16 Å². The lowest BCUT2D eigenvalue weighted by Gasteiger charge is -2.35. The molecule has 0 bridgehead atoms.